The predicted molar refractivity (Wildman–Crippen MR) is 96.2 cm³/mol. The highest BCUT2D eigenvalue weighted by Crippen LogP contribution is 2.28. The van der Waals surface area contributed by atoms with E-state index < -0.39 is 11.7 Å². The number of nitrogens with one attached hydrogen (secondary N) is 1. The molecule has 0 unspecified atom stereocenters. The monoisotopic (exact) mass is 390 g/mol. The smallest absolute Gasteiger partial charge is 0.335 e. The number of halogens is 3. The van der Waals surface area contributed by atoms with Crippen molar-refractivity contribution in [2.75, 3.05) is 36.0 Å². The number of rotatable bonds is 3. The number of tetrazole rings is 1. The molecule has 1 aliphatic rings. The summed E-state index contributed by atoms with van der Waals surface area (Å²) >= 11 is 0. The minimum absolute atomic E-state index is 0.642. The molecule has 1 aliphatic heterocycles. The third-order valence-electron chi connectivity index (χ3n) is 4.70. The van der Waals surface area contributed by atoms with Crippen LogP contribution in [0.1, 0.15) is 12.0 Å². The van der Waals surface area contributed by atoms with Crippen LogP contribution in [0, 0.1) is 0 Å². The first-order valence-corrected chi connectivity index (χ1v) is 8.95. The van der Waals surface area contributed by atoms with Crippen LogP contribution in [0.25, 0.3) is 5.69 Å². The van der Waals surface area contributed by atoms with Gasteiger partial charge in [-0.25, -0.2) is 4.98 Å². The third kappa shape index (κ3) is 3.75. The summed E-state index contributed by atoms with van der Waals surface area (Å²) < 4.78 is 39.9. The predicted octanol–water partition coefficient (Wildman–Crippen LogP) is 2.21. The number of pyridine rings is 1. The maximum Gasteiger partial charge on any atom is 0.419 e. The number of para-hydroxylation sites is 1. The second-order valence-electron chi connectivity index (χ2n) is 6.51. The molecule has 0 saturated carbocycles. The van der Waals surface area contributed by atoms with Crippen LogP contribution >= 0.6 is 0 Å². The number of hydrogen-bond acceptors (Lipinski definition) is 5. The Morgan fingerprint density at radius 2 is 1.64 bits per heavy atom. The van der Waals surface area contributed by atoms with E-state index >= 15 is 0 Å². The van der Waals surface area contributed by atoms with Crippen molar-refractivity contribution in [1.82, 2.24) is 20.2 Å². The fourth-order valence-electron chi connectivity index (χ4n) is 3.26. The Morgan fingerprint density at radius 1 is 0.893 bits per heavy atom. The summed E-state index contributed by atoms with van der Waals surface area (Å²) in [5, 5.41) is 12.1. The molecule has 0 atom stereocenters. The second-order valence-corrected chi connectivity index (χ2v) is 6.51. The van der Waals surface area contributed by atoms with Crippen LogP contribution in [0.15, 0.2) is 48.7 Å². The first kappa shape index (κ1) is 18.2. The van der Waals surface area contributed by atoms with Crippen LogP contribution < -0.4 is 14.8 Å². The molecule has 1 N–H and O–H groups in total. The van der Waals surface area contributed by atoms with Gasteiger partial charge in [-0.3, -0.25) is 4.90 Å². The lowest BCUT2D eigenvalue weighted by atomic mass is 10.2. The molecule has 3 aromatic rings. The fourth-order valence-corrected chi connectivity index (χ4v) is 3.26. The maximum atomic E-state index is 12.8. The van der Waals surface area contributed by atoms with Crippen LogP contribution in [0.3, 0.4) is 0 Å². The third-order valence-corrected chi connectivity index (χ3v) is 4.70. The number of H-pyrrole nitrogens is 1. The quantitative estimate of drug-likeness (QED) is 0.686. The van der Waals surface area contributed by atoms with Gasteiger partial charge in [-0.15, -0.1) is 0 Å². The van der Waals surface area contributed by atoms with Crippen molar-refractivity contribution in [3.05, 3.63) is 54.2 Å². The molecule has 3 heterocycles. The van der Waals surface area contributed by atoms with Gasteiger partial charge in [-0.05, 0) is 28.6 Å². The molecule has 7 nitrogen and oxygen atoms in total. The van der Waals surface area contributed by atoms with Gasteiger partial charge in [0.05, 0.1) is 24.3 Å². The van der Waals surface area contributed by atoms with E-state index in [-0.39, 0.29) is 0 Å². The number of hydrogen-bond donors (Lipinski definition) is 0. The topological polar surface area (TPSA) is 64.2 Å². The van der Waals surface area contributed by atoms with Gasteiger partial charge >= 0.3 is 6.18 Å². The van der Waals surface area contributed by atoms with Gasteiger partial charge < -0.3 is 4.90 Å². The molecular formula is C18H19F3N7+. The molecule has 1 aromatic carbocycles. The number of alkyl halides is 3. The molecule has 146 valence electrons. The number of aromatic amines is 1. The summed E-state index contributed by atoms with van der Waals surface area (Å²) in [6, 6.07) is 12.2. The van der Waals surface area contributed by atoms with E-state index in [1.54, 1.807) is 4.68 Å². The molecule has 1 saturated heterocycles. The summed E-state index contributed by atoms with van der Waals surface area (Å²) in [6.45, 7) is 2.78. The SMILES string of the molecule is FC(F)(F)c1ccc(N2CCCN(c3nnnn3-c3ccccc3)CC2)[nH+]c1. The van der Waals surface area contributed by atoms with Gasteiger partial charge in [0.15, 0.2) is 0 Å². The summed E-state index contributed by atoms with van der Waals surface area (Å²) in [5.41, 5.74) is 0.189. The largest absolute Gasteiger partial charge is 0.419 e. The Morgan fingerprint density at radius 3 is 2.36 bits per heavy atom. The van der Waals surface area contributed by atoms with Crippen LogP contribution in [-0.4, -0.2) is 46.4 Å². The molecule has 2 aromatic heterocycles. The molecule has 10 heteroatoms. The molecule has 0 amide bonds. The average Bonchev–Trinajstić information content (AvgIpc) is 3.06. The van der Waals surface area contributed by atoms with Crippen molar-refractivity contribution in [3.63, 3.8) is 0 Å². The number of benzene rings is 1. The first-order valence-electron chi connectivity index (χ1n) is 8.95. The lowest BCUT2D eigenvalue weighted by molar-refractivity contribution is -0.367. The van der Waals surface area contributed by atoms with Crippen molar-refractivity contribution >= 4 is 11.8 Å². The lowest BCUT2D eigenvalue weighted by Crippen LogP contribution is -2.34. The van der Waals surface area contributed by atoms with Crippen molar-refractivity contribution in [2.45, 2.75) is 12.6 Å². The minimum Gasteiger partial charge on any atom is -0.335 e. The first-order chi connectivity index (χ1) is 13.5. The number of aromatic nitrogens is 5. The summed E-state index contributed by atoms with van der Waals surface area (Å²) in [7, 11) is 0. The summed E-state index contributed by atoms with van der Waals surface area (Å²) in [6.07, 6.45) is -2.51. The van der Waals surface area contributed by atoms with Crippen LogP contribution in [-0.2, 0) is 6.18 Å². The fraction of sp³-hybridized carbons (Fsp3) is 0.333. The molecular weight excluding hydrogens is 371 g/mol. The van der Waals surface area contributed by atoms with E-state index in [4.69, 9.17) is 0 Å². The molecule has 4 rings (SSSR count). The zero-order chi connectivity index (χ0) is 19.6. The Bertz CT molecular complexity index is 909. The maximum absolute atomic E-state index is 12.8. The number of nitrogens with zero attached hydrogens (tertiary/aromatic N) is 6. The van der Waals surface area contributed by atoms with Crippen LogP contribution in [0.5, 0.6) is 0 Å². The van der Waals surface area contributed by atoms with Crippen molar-refractivity contribution < 1.29 is 18.2 Å². The lowest BCUT2D eigenvalue weighted by Gasteiger charge is -2.20. The van der Waals surface area contributed by atoms with Gasteiger partial charge in [-0.1, -0.05) is 23.3 Å². The molecule has 0 spiro atoms. The van der Waals surface area contributed by atoms with Gasteiger partial charge in [0.25, 0.3) is 11.8 Å². The standard InChI is InChI=1S/C18H18F3N7/c19-18(20,21)14-7-8-16(22-13-14)26-9-4-10-27(12-11-26)17-23-24-25-28(17)15-5-2-1-3-6-15/h1-3,5-8,13H,4,9-12H2/p+1. The van der Waals surface area contributed by atoms with E-state index in [0.29, 0.717) is 24.9 Å². The minimum atomic E-state index is -4.35. The second kappa shape index (κ2) is 7.45. The Labute approximate surface area is 159 Å². The summed E-state index contributed by atoms with van der Waals surface area (Å²) in [4.78, 5) is 6.90. The van der Waals surface area contributed by atoms with Crippen LogP contribution in [0.4, 0.5) is 24.9 Å². The molecule has 0 radical (unpaired) electrons. The normalized spacial score (nSPS) is 15.5. The Kier molecular flexibility index (Phi) is 4.84. The Balaban J connectivity index is 1.49. The van der Waals surface area contributed by atoms with Crippen molar-refractivity contribution in [1.29, 1.82) is 0 Å². The highest BCUT2D eigenvalue weighted by Gasteiger charge is 2.32. The highest BCUT2D eigenvalue weighted by atomic mass is 19.4. The van der Waals surface area contributed by atoms with E-state index in [1.165, 1.54) is 6.07 Å². The van der Waals surface area contributed by atoms with E-state index in [1.807, 2.05) is 35.2 Å². The zero-order valence-corrected chi connectivity index (χ0v) is 15.0. The van der Waals surface area contributed by atoms with Gasteiger partial charge in [0, 0.05) is 19.0 Å². The van der Waals surface area contributed by atoms with E-state index in [2.05, 4.69) is 25.4 Å². The Hall–Kier alpha value is -3.17. The van der Waals surface area contributed by atoms with Gasteiger partial charge in [0.2, 0.25) is 0 Å². The average molecular weight is 390 g/mol. The van der Waals surface area contributed by atoms with E-state index in [9.17, 15) is 13.2 Å². The van der Waals surface area contributed by atoms with Crippen molar-refractivity contribution in [3.8, 4) is 5.69 Å². The molecule has 0 aliphatic carbocycles. The molecule has 28 heavy (non-hydrogen) atoms. The summed E-state index contributed by atoms with van der Waals surface area (Å²) in [5.74, 6) is 1.32. The van der Waals surface area contributed by atoms with E-state index in [0.717, 1.165) is 37.5 Å². The molecule has 0 bridgehead atoms. The molecule has 1 fully saturated rings. The number of anilines is 2. The van der Waals surface area contributed by atoms with Gasteiger partial charge in [-0.2, -0.15) is 17.9 Å². The zero-order valence-electron chi connectivity index (χ0n) is 15.0. The van der Waals surface area contributed by atoms with Crippen LogP contribution in [0.2, 0.25) is 0 Å². The highest BCUT2D eigenvalue weighted by molar-refractivity contribution is 5.42. The van der Waals surface area contributed by atoms with Crippen molar-refractivity contribution in [2.24, 2.45) is 0 Å². The van der Waals surface area contributed by atoms with Gasteiger partial charge in [0.1, 0.15) is 12.7 Å².